The molecule has 0 aromatic heterocycles. The van der Waals surface area contributed by atoms with Crippen LogP contribution in [0.2, 0.25) is 0 Å². The number of hydrogen-bond donors (Lipinski definition) is 1. The summed E-state index contributed by atoms with van der Waals surface area (Å²) in [5.74, 6) is -0.221. The highest BCUT2D eigenvalue weighted by Crippen LogP contribution is 2.31. The molecule has 72 valence electrons. The van der Waals surface area contributed by atoms with Crippen LogP contribution in [0.4, 0.5) is 13.2 Å². The highest BCUT2D eigenvalue weighted by molar-refractivity contribution is 7.99. The summed E-state index contributed by atoms with van der Waals surface area (Å²) in [5.41, 5.74) is -0.689. The van der Waals surface area contributed by atoms with Crippen LogP contribution in [-0.2, 0) is 6.18 Å². The van der Waals surface area contributed by atoms with Crippen molar-refractivity contribution in [3.8, 4) is 0 Å². The molecule has 1 nitrogen and oxygen atoms in total. The molecule has 5 heteroatoms. The zero-order valence-corrected chi connectivity index (χ0v) is 7.32. The predicted molar refractivity (Wildman–Crippen MR) is 44.4 cm³/mol. The second-order valence-electron chi connectivity index (χ2n) is 2.30. The first-order valence-corrected chi connectivity index (χ1v) is 4.43. The Morgan fingerprint density at radius 2 is 2.00 bits per heavy atom. The van der Waals surface area contributed by atoms with Crippen molar-refractivity contribution in [1.29, 1.82) is 0 Å². The Hall–Kier alpha value is -0.680. The summed E-state index contributed by atoms with van der Waals surface area (Å²) in [6.07, 6.45) is -4.31. The van der Waals surface area contributed by atoms with E-state index >= 15 is 0 Å². The van der Waals surface area contributed by atoms with Gasteiger partial charge in [-0.2, -0.15) is 13.2 Å². The summed E-state index contributed by atoms with van der Waals surface area (Å²) in [5, 5.41) is 8.50. The van der Waals surface area contributed by atoms with E-state index in [4.69, 9.17) is 5.11 Å². The standard InChI is InChI=1S/C8H7F3OS/c9-8(10,11)6-2-1-3-7(4-6)13-5-12/h1-4,12H,5H2. The Morgan fingerprint density at radius 1 is 1.31 bits per heavy atom. The summed E-state index contributed by atoms with van der Waals surface area (Å²) in [4.78, 5) is 0.414. The smallest absolute Gasteiger partial charge is 0.385 e. The monoisotopic (exact) mass is 208 g/mol. The van der Waals surface area contributed by atoms with Crippen molar-refractivity contribution in [1.82, 2.24) is 0 Å². The highest BCUT2D eigenvalue weighted by atomic mass is 32.2. The van der Waals surface area contributed by atoms with E-state index in [0.717, 1.165) is 23.9 Å². The summed E-state index contributed by atoms with van der Waals surface area (Å²) in [6, 6.07) is 4.86. The van der Waals surface area contributed by atoms with Gasteiger partial charge in [0.2, 0.25) is 0 Å². The van der Waals surface area contributed by atoms with Gasteiger partial charge >= 0.3 is 6.18 Å². The Bertz CT molecular complexity index is 285. The lowest BCUT2D eigenvalue weighted by Gasteiger charge is -2.07. The fourth-order valence-corrected chi connectivity index (χ4v) is 1.37. The lowest BCUT2D eigenvalue weighted by Crippen LogP contribution is -2.04. The molecule has 0 bridgehead atoms. The molecule has 0 saturated heterocycles. The van der Waals surface area contributed by atoms with Crippen molar-refractivity contribution in [3.63, 3.8) is 0 Å². The topological polar surface area (TPSA) is 20.2 Å². The molecule has 1 rings (SSSR count). The third-order valence-corrected chi connectivity index (χ3v) is 2.11. The van der Waals surface area contributed by atoms with Crippen LogP contribution in [0.5, 0.6) is 0 Å². The maximum Gasteiger partial charge on any atom is 0.416 e. The second-order valence-corrected chi connectivity index (χ2v) is 3.32. The third-order valence-electron chi connectivity index (χ3n) is 1.39. The number of alkyl halides is 3. The first-order chi connectivity index (χ1) is 6.04. The molecule has 1 N–H and O–H groups in total. The molecular formula is C8H7F3OS. The van der Waals surface area contributed by atoms with Crippen molar-refractivity contribution >= 4 is 11.8 Å². The van der Waals surface area contributed by atoms with E-state index in [1.54, 1.807) is 0 Å². The van der Waals surface area contributed by atoms with Gasteiger partial charge in [0.15, 0.2) is 0 Å². The first kappa shape index (κ1) is 10.4. The maximum absolute atomic E-state index is 12.1. The van der Waals surface area contributed by atoms with Crippen molar-refractivity contribution in [2.45, 2.75) is 11.1 Å². The van der Waals surface area contributed by atoms with Gasteiger partial charge in [-0.3, -0.25) is 0 Å². The molecule has 0 radical (unpaired) electrons. The fourth-order valence-electron chi connectivity index (χ4n) is 0.837. The molecule has 0 aliphatic heterocycles. The summed E-state index contributed by atoms with van der Waals surface area (Å²) in [7, 11) is 0. The lowest BCUT2D eigenvalue weighted by molar-refractivity contribution is -0.137. The van der Waals surface area contributed by atoms with Crippen molar-refractivity contribution in [2.24, 2.45) is 0 Å². The Labute approximate surface area is 77.6 Å². The summed E-state index contributed by atoms with van der Waals surface area (Å²) < 4.78 is 36.4. The van der Waals surface area contributed by atoms with Crippen LogP contribution >= 0.6 is 11.8 Å². The van der Waals surface area contributed by atoms with E-state index in [-0.39, 0.29) is 5.94 Å². The van der Waals surface area contributed by atoms with Crippen LogP contribution in [0.25, 0.3) is 0 Å². The quantitative estimate of drug-likeness (QED) is 0.595. The molecule has 0 amide bonds. The fraction of sp³-hybridized carbons (Fsp3) is 0.250. The van der Waals surface area contributed by atoms with Gasteiger partial charge in [-0.05, 0) is 18.2 Å². The molecular weight excluding hydrogens is 201 g/mol. The minimum atomic E-state index is -4.31. The number of hydrogen-bond acceptors (Lipinski definition) is 2. The van der Waals surface area contributed by atoms with Crippen molar-refractivity contribution in [2.75, 3.05) is 5.94 Å². The Balaban J connectivity index is 2.92. The Morgan fingerprint density at radius 3 is 2.54 bits per heavy atom. The highest BCUT2D eigenvalue weighted by Gasteiger charge is 2.30. The summed E-state index contributed by atoms with van der Waals surface area (Å²) in [6.45, 7) is 0. The zero-order chi connectivity index (χ0) is 9.90. The molecule has 0 aliphatic rings. The van der Waals surface area contributed by atoms with Gasteiger partial charge in [0.25, 0.3) is 0 Å². The maximum atomic E-state index is 12.1. The van der Waals surface area contributed by atoms with Crippen LogP contribution in [0.15, 0.2) is 29.2 Å². The minimum Gasteiger partial charge on any atom is -0.385 e. The SMILES string of the molecule is OCSc1cccc(C(F)(F)F)c1. The van der Waals surface area contributed by atoms with Crippen LogP contribution in [-0.4, -0.2) is 11.0 Å². The second kappa shape index (κ2) is 4.02. The molecule has 13 heavy (non-hydrogen) atoms. The number of halogens is 3. The van der Waals surface area contributed by atoms with Crippen molar-refractivity contribution in [3.05, 3.63) is 29.8 Å². The molecule has 0 unspecified atom stereocenters. The van der Waals surface area contributed by atoms with E-state index in [0.29, 0.717) is 4.90 Å². The number of aliphatic hydroxyl groups excluding tert-OH is 1. The van der Waals surface area contributed by atoms with Crippen LogP contribution in [0, 0.1) is 0 Å². The lowest BCUT2D eigenvalue weighted by atomic mass is 10.2. The van der Waals surface area contributed by atoms with Crippen molar-refractivity contribution < 1.29 is 18.3 Å². The van der Waals surface area contributed by atoms with Gasteiger partial charge < -0.3 is 5.11 Å². The van der Waals surface area contributed by atoms with Crippen LogP contribution < -0.4 is 0 Å². The third kappa shape index (κ3) is 2.93. The summed E-state index contributed by atoms with van der Waals surface area (Å²) >= 11 is 0.961. The molecule has 0 atom stereocenters. The van der Waals surface area contributed by atoms with Crippen LogP contribution in [0.3, 0.4) is 0 Å². The number of thioether (sulfide) groups is 1. The predicted octanol–water partition coefficient (Wildman–Crippen LogP) is 2.75. The molecule has 0 fully saturated rings. The normalized spacial score (nSPS) is 11.7. The van der Waals surface area contributed by atoms with E-state index in [1.165, 1.54) is 12.1 Å². The average Bonchev–Trinajstić information content (AvgIpc) is 2.04. The minimum absolute atomic E-state index is 0.221. The van der Waals surface area contributed by atoms with E-state index in [1.807, 2.05) is 0 Å². The molecule has 1 aromatic rings. The molecule has 1 aromatic carbocycles. The van der Waals surface area contributed by atoms with Gasteiger partial charge in [-0.1, -0.05) is 17.8 Å². The van der Waals surface area contributed by atoms with Gasteiger partial charge in [0.1, 0.15) is 0 Å². The Kier molecular flexibility index (Phi) is 3.22. The van der Waals surface area contributed by atoms with Gasteiger partial charge in [0, 0.05) is 4.90 Å². The molecule has 0 saturated carbocycles. The van der Waals surface area contributed by atoms with Gasteiger partial charge in [0.05, 0.1) is 11.5 Å². The van der Waals surface area contributed by atoms with E-state index in [9.17, 15) is 13.2 Å². The largest absolute Gasteiger partial charge is 0.416 e. The number of aliphatic hydroxyl groups is 1. The van der Waals surface area contributed by atoms with Crippen LogP contribution in [0.1, 0.15) is 5.56 Å². The average molecular weight is 208 g/mol. The van der Waals surface area contributed by atoms with Gasteiger partial charge in [-0.25, -0.2) is 0 Å². The molecule has 0 heterocycles. The first-order valence-electron chi connectivity index (χ1n) is 3.45. The molecule has 0 aliphatic carbocycles. The van der Waals surface area contributed by atoms with Gasteiger partial charge in [-0.15, -0.1) is 0 Å². The number of benzene rings is 1. The number of rotatable bonds is 2. The zero-order valence-electron chi connectivity index (χ0n) is 6.51. The van der Waals surface area contributed by atoms with E-state index < -0.39 is 11.7 Å². The van der Waals surface area contributed by atoms with E-state index in [2.05, 4.69) is 0 Å². The molecule has 0 spiro atoms.